The molecule has 3 heteroatoms. The average molecular weight is 286 g/mol. The van der Waals surface area contributed by atoms with Crippen molar-refractivity contribution in [2.24, 2.45) is 5.92 Å². The Morgan fingerprint density at radius 2 is 2.00 bits per heavy atom. The minimum absolute atomic E-state index is 0.251. The van der Waals surface area contributed by atoms with Crippen molar-refractivity contribution in [1.29, 1.82) is 0 Å². The molecule has 1 saturated carbocycles. The average Bonchev–Trinajstić information content (AvgIpc) is 2.92. The summed E-state index contributed by atoms with van der Waals surface area (Å²) >= 11 is 0. The lowest BCUT2D eigenvalue weighted by Crippen LogP contribution is -2.28. The lowest BCUT2D eigenvalue weighted by molar-refractivity contribution is -0.122. The minimum atomic E-state index is 0.251. The molecule has 1 amide bonds. The Morgan fingerprint density at radius 3 is 2.86 bits per heavy atom. The second-order valence-electron chi connectivity index (χ2n) is 6.51. The molecule has 3 nitrogen and oxygen atoms in total. The SMILES string of the molecule is O=C(CC1CCCCC1)NCC[C@@H]1CNc2ccccc21. The molecule has 21 heavy (non-hydrogen) atoms. The van der Waals surface area contributed by atoms with E-state index in [-0.39, 0.29) is 5.91 Å². The van der Waals surface area contributed by atoms with Crippen LogP contribution in [0.3, 0.4) is 0 Å². The topological polar surface area (TPSA) is 41.1 Å². The first-order valence-electron chi connectivity index (χ1n) is 8.42. The Morgan fingerprint density at radius 1 is 1.19 bits per heavy atom. The van der Waals surface area contributed by atoms with E-state index in [2.05, 4.69) is 34.9 Å². The van der Waals surface area contributed by atoms with Gasteiger partial charge in [-0.25, -0.2) is 0 Å². The number of hydrogen-bond acceptors (Lipinski definition) is 2. The lowest BCUT2D eigenvalue weighted by atomic mass is 9.87. The highest BCUT2D eigenvalue weighted by Gasteiger charge is 2.21. The number of amides is 1. The van der Waals surface area contributed by atoms with E-state index >= 15 is 0 Å². The highest BCUT2D eigenvalue weighted by Crippen LogP contribution is 2.32. The first-order chi connectivity index (χ1) is 10.3. The maximum Gasteiger partial charge on any atom is 0.220 e. The fourth-order valence-corrected chi connectivity index (χ4v) is 3.73. The van der Waals surface area contributed by atoms with E-state index in [1.807, 2.05) is 0 Å². The van der Waals surface area contributed by atoms with Crippen LogP contribution in [0.4, 0.5) is 5.69 Å². The molecule has 1 fully saturated rings. The van der Waals surface area contributed by atoms with Gasteiger partial charge in [-0.1, -0.05) is 37.5 Å². The van der Waals surface area contributed by atoms with Gasteiger partial charge in [0.15, 0.2) is 0 Å². The van der Waals surface area contributed by atoms with Crippen molar-refractivity contribution in [3.05, 3.63) is 29.8 Å². The third-order valence-corrected chi connectivity index (χ3v) is 4.95. The van der Waals surface area contributed by atoms with Crippen LogP contribution in [-0.4, -0.2) is 19.0 Å². The highest BCUT2D eigenvalue weighted by atomic mass is 16.1. The van der Waals surface area contributed by atoms with Crippen LogP contribution in [0, 0.1) is 5.92 Å². The summed E-state index contributed by atoms with van der Waals surface area (Å²) < 4.78 is 0. The lowest BCUT2D eigenvalue weighted by Gasteiger charge is -2.21. The van der Waals surface area contributed by atoms with Gasteiger partial charge in [0.2, 0.25) is 5.91 Å². The standard InChI is InChI=1S/C18H26N2O/c21-18(12-14-6-2-1-3-7-14)19-11-10-15-13-20-17-9-5-4-8-16(15)17/h4-5,8-9,14-15,20H,1-3,6-7,10-13H2,(H,19,21)/t15-/m1/s1. The molecule has 0 spiro atoms. The molecule has 1 heterocycles. The zero-order chi connectivity index (χ0) is 14.5. The van der Waals surface area contributed by atoms with Gasteiger partial charge in [0.05, 0.1) is 0 Å². The summed E-state index contributed by atoms with van der Waals surface area (Å²) in [5.41, 5.74) is 2.66. The molecule has 0 aromatic heterocycles. The summed E-state index contributed by atoms with van der Waals surface area (Å²) in [6, 6.07) is 8.50. The third kappa shape index (κ3) is 3.78. The molecule has 0 saturated heterocycles. The van der Waals surface area contributed by atoms with Crippen molar-refractivity contribution in [3.8, 4) is 0 Å². The van der Waals surface area contributed by atoms with Gasteiger partial charge in [0.1, 0.15) is 0 Å². The number of nitrogens with one attached hydrogen (secondary N) is 2. The molecule has 114 valence electrons. The van der Waals surface area contributed by atoms with E-state index < -0.39 is 0 Å². The van der Waals surface area contributed by atoms with Crippen LogP contribution in [-0.2, 0) is 4.79 Å². The summed E-state index contributed by atoms with van der Waals surface area (Å²) in [6.45, 7) is 1.80. The van der Waals surface area contributed by atoms with E-state index in [1.165, 1.54) is 43.4 Å². The quantitative estimate of drug-likeness (QED) is 0.867. The van der Waals surface area contributed by atoms with E-state index in [4.69, 9.17) is 0 Å². The summed E-state index contributed by atoms with van der Waals surface area (Å²) in [7, 11) is 0. The number of carbonyl (C=O) groups is 1. The fraction of sp³-hybridized carbons (Fsp3) is 0.611. The van der Waals surface area contributed by atoms with Crippen molar-refractivity contribution < 1.29 is 4.79 Å². The predicted octanol–water partition coefficient (Wildman–Crippen LogP) is 3.67. The van der Waals surface area contributed by atoms with Gasteiger partial charge in [0, 0.05) is 31.1 Å². The first-order valence-corrected chi connectivity index (χ1v) is 8.42. The van der Waals surface area contributed by atoms with Gasteiger partial charge < -0.3 is 10.6 Å². The van der Waals surface area contributed by atoms with E-state index in [1.54, 1.807) is 0 Å². The van der Waals surface area contributed by atoms with Crippen molar-refractivity contribution >= 4 is 11.6 Å². The Bertz CT molecular complexity index is 480. The minimum Gasteiger partial charge on any atom is -0.384 e. The van der Waals surface area contributed by atoms with Crippen LogP contribution in [0.25, 0.3) is 0 Å². The summed E-state index contributed by atoms with van der Waals surface area (Å²) in [6.07, 6.45) is 8.22. The molecule has 1 aromatic carbocycles. The van der Waals surface area contributed by atoms with Crippen molar-refractivity contribution in [2.75, 3.05) is 18.4 Å². The molecule has 2 aliphatic rings. The molecule has 2 N–H and O–H groups in total. The van der Waals surface area contributed by atoms with Gasteiger partial charge in [0.25, 0.3) is 0 Å². The predicted molar refractivity (Wildman–Crippen MR) is 86.5 cm³/mol. The number of benzene rings is 1. The van der Waals surface area contributed by atoms with Gasteiger partial charge in [-0.3, -0.25) is 4.79 Å². The molecule has 1 atom stereocenters. The summed E-state index contributed by atoms with van der Waals surface area (Å²) in [5.74, 6) is 1.42. The van der Waals surface area contributed by atoms with Crippen LogP contribution in [0.5, 0.6) is 0 Å². The van der Waals surface area contributed by atoms with Crippen LogP contribution >= 0.6 is 0 Å². The fourth-order valence-electron chi connectivity index (χ4n) is 3.73. The molecular formula is C18H26N2O. The van der Waals surface area contributed by atoms with E-state index in [0.717, 1.165) is 25.9 Å². The molecule has 1 aliphatic heterocycles. The van der Waals surface area contributed by atoms with E-state index in [0.29, 0.717) is 11.8 Å². The van der Waals surface area contributed by atoms with Crippen LogP contribution in [0.2, 0.25) is 0 Å². The van der Waals surface area contributed by atoms with Gasteiger partial charge >= 0.3 is 0 Å². The first kappa shape index (κ1) is 14.4. The number of carbonyl (C=O) groups excluding carboxylic acids is 1. The number of rotatable bonds is 5. The molecular weight excluding hydrogens is 260 g/mol. The molecule has 3 rings (SSSR count). The maximum absolute atomic E-state index is 12.0. The van der Waals surface area contributed by atoms with Crippen molar-refractivity contribution in [2.45, 2.75) is 50.9 Å². The van der Waals surface area contributed by atoms with Gasteiger partial charge in [-0.05, 0) is 36.8 Å². The van der Waals surface area contributed by atoms with Crippen LogP contribution < -0.4 is 10.6 Å². The van der Waals surface area contributed by atoms with Crippen LogP contribution in [0.15, 0.2) is 24.3 Å². The number of anilines is 1. The Hall–Kier alpha value is -1.51. The zero-order valence-corrected chi connectivity index (χ0v) is 12.7. The molecule has 1 aromatic rings. The molecule has 0 radical (unpaired) electrons. The van der Waals surface area contributed by atoms with E-state index in [9.17, 15) is 4.79 Å². The number of fused-ring (bicyclic) bond motifs is 1. The smallest absolute Gasteiger partial charge is 0.220 e. The van der Waals surface area contributed by atoms with Gasteiger partial charge in [-0.15, -0.1) is 0 Å². The number of para-hydroxylation sites is 1. The van der Waals surface area contributed by atoms with Crippen molar-refractivity contribution in [1.82, 2.24) is 5.32 Å². The molecule has 0 unspecified atom stereocenters. The zero-order valence-electron chi connectivity index (χ0n) is 12.7. The number of hydrogen-bond donors (Lipinski definition) is 2. The Kier molecular flexibility index (Phi) is 4.79. The molecule has 0 bridgehead atoms. The normalized spacial score (nSPS) is 21.6. The Balaban J connectivity index is 1.39. The van der Waals surface area contributed by atoms with Crippen molar-refractivity contribution in [3.63, 3.8) is 0 Å². The maximum atomic E-state index is 12.0. The summed E-state index contributed by atoms with van der Waals surface area (Å²) in [5, 5.41) is 6.56. The summed E-state index contributed by atoms with van der Waals surface area (Å²) in [4.78, 5) is 12.0. The largest absolute Gasteiger partial charge is 0.384 e. The monoisotopic (exact) mass is 286 g/mol. The molecule has 1 aliphatic carbocycles. The second-order valence-corrected chi connectivity index (χ2v) is 6.51. The second kappa shape index (κ2) is 6.97. The third-order valence-electron chi connectivity index (χ3n) is 4.95. The van der Waals surface area contributed by atoms with Gasteiger partial charge in [-0.2, -0.15) is 0 Å². The van der Waals surface area contributed by atoms with Crippen LogP contribution in [0.1, 0.15) is 56.4 Å². The highest BCUT2D eigenvalue weighted by molar-refractivity contribution is 5.76. The Labute approximate surface area is 127 Å².